The third-order valence-corrected chi connectivity index (χ3v) is 7.00. The van der Waals surface area contributed by atoms with Crippen molar-refractivity contribution in [1.82, 2.24) is 24.5 Å². The van der Waals surface area contributed by atoms with E-state index >= 15 is 0 Å². The van der Waals surface area contributed by atoms with Crippen molar-refractivity contribution < 1.29 is 4.74 Å². The predicted molar refractivity (Wildman–Crippen MR) is 140 cm³/mol. The minimum absolute atomic E-state index is 0.807. The van der Waals surface area contributed by atoms with Gasteiger partial charge in [0.1, 0.15) is 16.5 Å². The quantitative estimate of drug-likeness (QED) is 0.269. The Hall–Kier alpha value is -4.23. The number of nitrogens with zero attached hydrogens (tertiary/aromatic N) is 5. The van der Waals surface area contributed by atoms with E-state index in [0.29, 0.717) is 0 Å². The molecule has 35 heavy (non-hydrogen) atoms. The van der Waals surface area contributed by atoms with E-state index in [2.05, 4.69) is 82.4 Å². The first-order valence-electron chi connectivity index (χ1n) is 11.4. The van der Waals surface area contributed by atoms with Crippen molar-refractivity contribution in [3.63, 3.8) is 0 Å². The number of aryl methyl sites for hydroxylation is 3. The van der Waals surface area contributed by atoms with Crippen LogP contribution in [0.4, 0.5) is 0 Å². The summed E-state index contributed by atoms with van der Waals surface area (Å²) in [4.78, 5) is 0. The van der Waals surface area contributed by atoms with Gasteiger partial charge in [-0.1, -0.05) is 29.5 Å². The van der Waals surface area contributed by atoms with Gasteiger partial charge in [0.25, 0.3) is 0 Å². The van der Waals surface area contributed by atoms with Crippen LogP contribution in [0.5, 0.6) is 11.5 Å². The Bertz CT molecular complexity index is 1640. The molecule has 0 radical (unpaired) electrons. The molecular weight excluding hydrogens is 454 g/mol. The molecule has 0 aliphatic rings. The van der Waals surface area contributed by atoms with E-state index in [4.69, 9.17) is 4.74 Å². The number of hydrogen-bond acceptors (Lipinski definition) is 5. The minimum atomic E-state index is 0.807. The Labute approximate surface area is 207 Å². The predicted octanol–water partition coefficient (Wildman–Crippen LogP) is 6.96. The average molecular weight is 478 g/mol. The molecule has 172 valence electrons. The molecule has 3 aromatic heterocycles. The van der Waals surface area contributed by atoms with Crippen LogP contribution in [-0.4, -0.2) is 24.5 Å². The van der Waals surface area contributed by atoms with Gasteiger partial charge in [-0.2, -0.15) is 5.10 Å². The fraction of sp³-hybridized carbons (Fsp3) is 0.107. The number of para-hydroxylation sites is 1. The maximum absolute atomic E-state index is 6.01. The average Bonchev–Trinajstić information content (AvgIpc) is 3.57. The Morgan fingerprint density at radius 2 is 1.54 bits per heavy atom. The van der Waals surface area contributed by atoms with Gasteiger partial charge in [-0.05, 0) is 80.6 Å². The summed E-state index contributed by atoms with van der Waals surface area (Å²) in [5.74, 6) is 1.63. The van der Waals surface area contributed by atoms with Crippen LogP contribution in [0.3, 0.4) is 0 Å². The van der Waals surface area contributed by atoms with Crippen molar-refractivity contribution >= 4 is 22.2 Å². The standard InChI is InChI=1S/C28H23N5OS/c1-18-15-19(2)33(31-18)22-11-9-20(10-12-22)27-29-30-28(35-27)26-17-21-16-24(13-14-25(21)32(26)3)34-23-7-5-4-6-8-23/h4-17H,1-3H3. The fourth-order valence-electron chi connectivity index (χ4n) is 4.30. The monoisotopic (exact) mass is 477 g/mol. The van der Waals surface area contributed by atoms with Gasteiger partial charge in [0, 0.05) is 29.2 Å². The molecule has 7 heteroatoms. The largest absolute Gasteiger partial charge is 0.457 e. The first-order chi connectivity index (χ1) is 17.0. The highest BCUT2D eigenvalue weighted by Crippen LogP contribution is 2.35. The van der Waals surface area contributed by atoms with Crippen LogP contribution >= 0.6 is 11.3 Å². The van der Waals surface area contributed by atoms with Crippen molar-refractivity contribution in [2.75, 3.05) is 0 Å². The highest BCUT2D eigenvalue weighted by molar-refractivity contribution is 7.17. The van der Waals surface area contributed by atoms with Crippen LogP contribution in [0.1, 0.15) is 11.4 Å². The zero-order valence-corrected chi connectivity index (χ0v) is 20.5. The summed E-state index contributed by atoms with van der Waals surface area (Å²) in [5.41, 5.74) is 6.34. The smallest absolute Gasteiger partial charge is 0.164 e. The molecule has 0 bridgehead atoms. The maximum atomic E-state index is 6.01. The minimum Gasteiger partial charge on any atom is -0.457 e. The second-order valence-electron chi connectivity index (χ2n) is 8.52. The third-order valence-electron chi connectivity index (χ3n) is 6.01. The SMILES string of the molecule is Cc1cc(C)n(-c2ccc(-c3nnc(-c4cc5cc(Oc6ccccc6)ccc5n4C)s3)cc2)n1. The van der Waals surface area contributed by atoms with E-state index in [9.17, 15) is 0 Å². The lowest BCUT2D eigenvalue weighted by atomic mass is 10.2. The van der Waals surface area contributed by atoms with Gasteiger partial charge in [0.2, 0.25) is 0 Å². The van der Waals surface area contributed by atoms with Gasteiger partial charge in [-0.25, -0.2) is 4.68 Å². The molecule has 0 spiro atoms. The second-order valence-corrected chi connectivity index (χ2v) is 9.50. The van der Waals surface area contributed by atoms with E-state index in [1.165, 1.54) is 0 Å². The summed E-state index contributed by atoms with van der Waals surface area (Å²) in [5, 5.41) is 16.4. The normalized spacial score (nSPS) is 11.3. The Morgan fingerprint density at radius 1 is 0.771 bits per heavy atom. The molecule has 6 aromatic rings. The number of fused-ring (bicyclic) bond motifs is 1. The van der Waals surface area contributed by atoms with E-state index < -0.39 is 0 Å². The van der Waals surface area contributed by atoms with Crippen molar-refractivity contribution in [3.05, 3.63) is 96.3 Å². The van der Waals surface area contributed by atoms with Crippen LogP contribution in [-0.2, 0) is 7.05 Å². The summed E-state index contributed by atoms with van der Waals surface area (Å²) >= 11 is 1.59. The number of rotatable bonds is 5. The van der Waals surface area contributed by atoms with Crippen molar-refractivity contribution in [2.45, 2.75) is 13.8 Å². The summed E-state index contributed by atoms with van der Waals surface area (Å²) in [6.45, 7) is 4.07. The Morgan fingerprint density at radius 3 is 2.29 bits per heavy atom. The van der Waals surface area contributed by atoms with E-state index in [-0.39, 0.29) is 0 Å². The van der Waals surface area contributed by atoms with Gasteiger partial charge in [0.15, 0.2) is 5.01 Å². The highest BCUT2D eigenvalue weighted by Gasteiger charge is 2.15. The van der Waals surface area contributed by atoms with Gasteiger partial charge in [-0.3, -0.25) is 0 Å². The molecule has 6 nitrogen and oxygen atoms in total. The molecule has 0 atom stereocenters. The number of hydrogen-bond donors (Lipinski definition) is 0. The van der Waals surface area contributed by atoms with Crippen LogP contribution < -0.4 is 4.74 Å². The molecule has 0 aliphatic heterocycles. The maximum Gasteiger partial charge on any atom is 0.164 e. The molecular formula is C28H23N5OS. The molecule has 0 saturated heterocycles. The van der Waals surface area contributed by atoms with Gasteiger partial charge in [-0.15, -0.1) is 10.2 Å². The summed E-state index contributed by atoms with van der Waals surface area (Å²) in [6.07, 6.45) is 0. The molecule has 0 fully saturated rings. The van der Waals surface area contributed by atoms with Gasteiger partial charge in [0.05, 0.1) is 17.1 Å². The molecule has 0 aliphatic carbocycles. The topological polar surface area (TPSA) is 57.8 Å². The summed E-state index contributed by atoms with van der Waals surface area (Å²) in [6, 6.07) is 28.5. The first-order valence-corrected chi connectivity index (χ1v) is 12.2. The second kappa shape index (κ2) is 8.52. The van der Waals surface area contributed by atoms with E-state index in [1.807, 2.05) is 48.0 Å². The van der Waals surface area contributed by atoms with Crippen LogP contribution in [0, 0.1) is 13.8 Å². The fourth-order valence-corrected chi connectivity index (χ4v) is 5.20. The number of aromatic nitrogens is 5. The lowest BCUT2D eigenvalue weighted by molar-refractivity contribution is 0.483. The first kappa shape index (κ1) is 21.3. The van der Waals surface area contributed by atoms with Crippen molar-refractivity contribution in [3.8, 4) is 38.5 Å². The molecule has 0 N–H and O–H groups in total. The molecule has 6 rings (SSSR count). The zero-order valence-electron chi connectivity index (χ0n) is 19.6. The molecule has 3 aromatic carbocycles. The number of ether oxygens (including phenoxy) is 1. The highest BCUT2D eigenvalue weighted by atomic mass is 32.1. The van der Waals surface area contributed by atoms with Crippen LogP contribution in [0.2, 0.25) is 0 Å². The van der Waals surface area contributed by atoms with Crippen molar-refractivity contribution in [2.24, 2.45) is 7.05 Å². The Balaban J connectivity index is 1.28. The lowest BCUT2D eigenvalue weighted by Crippen LogP contribution is -1.98. The number of benzene rings is 3. The summed E-state index contributed by atoms with van der Waals surface area (Å²) in [7, 11) is 2.06. The third kappa shape index (κ3) is 4.00. The molecule has 0 saturated carbocycles. The zero-order chi connectivity index (χ0) is 23.9. The van der Waals surface area contributed by atoms with Crippen molar-refractivity contribution in [1.29, 1.82) is 0 Å². The van der Waals surface area contributed by atoms with E-state index in [1.54, 1.807) is 11.3 Å². The Kier molecular flexibility index (Phi) is 5.19. The van der Waals surface area contributed by atoms with Crippen LogP contribution in [0.15, 0.2) is 84.9 Å². The lowest BCUT2D eigenvalue weighted by Gasteiger charge is -2.06. The van der Waals surface area contributed by atoms with Crippen LogP contribution in [0.25, 0.3) is 37.9 Å². The summed E-state index contributed by atoms with van der Waals surface area (Å²) < 4.78 is 10.1. The van der Waals surface area contributed by atoms with Gasteiger partial charge >= 0.3 is 0 Å². The van der Waals surface area contributed by atoms with Gasteiger partial charge < -0.3 is 9.30 Å². The van der Waals surface area contributed by atoms with E-state index in [0.717, 1.165) is 60.7 Å². The molecule has 3 heterocycles. The molecule has 0 unspecified atom stereocenters. The molecule has 0 amide bonds.